The van der Waals surface area contributed by atoms with Crippen molar-refractivity contribution >= 4 is 5.69 Å². The molecule has 1 aliphatic rings. The van der Waals surface area contributed by atoms with Gasteiger partial charge in [-0.3, -0.25) is 0 Å². The zero-order valence-corrected chi connectivity index (χ0v) is 10.9. The number of hydrogen-bond donors (Lipinski definition) is 2. The van der Waals surface area contributed by atoms with Gasteiger partial charge in [-0.25, -0.2) is 4.39 Å². The molecular formula is C14H20FNO2. The molecule has 1 saturated heterocycles. The van der Waals surface area contributed by atoms with Gasteiger partial charge in [0, 0.05) is 24.3 Å². The van der Waals surface area contributed by atoms with E-state index in [1.165, 1.54) is 6.07 Å². The molecule has 2 N–H and O–H groups in total. The van der Waals surface area contributed by atoms with Gasteiger partial charge in [-0.05, 0) is 38.8 Å². The van der Waals surface area contributed by atoms with E-state index in [1.54, 1.807) is 26.0 Å². The van der Waals surface area contributed by atoms with Crippen molar-refractivity contribution in [3.8, 4) is 0 Å². The topological polar surface area (TPSA) is 43.7 Å². The van der Waals surface area contributed by atoms with Crippen LogP contribution >= 0.6 is 0 Å². The average molecular weight is 253 g/mol. The largest absolute Gasteiger partial charge is 0.389 e. The van der Waals surface area contributed by atoms with E-state index in [2.05, 4.69) is 0 Å². The van der Waals surface area contributed by atoms with Gasteiger partial charge in [0.05, 0.1) is 11.7 Å². The molecule has 2 rings (SSSR count). The average Bonchev–Trinajstić information content (AvgIpc) is 2.26. The Balaban J connectivity index is 2.36. The minimum absolute atomic E-state index is 0.315. The van der Waals surface area contributed by atoms with Gasteiger partial charge in [-0.15, -0.1) is 0 Å². The van der Waals surface area contributed by atoms with Gasteiger partial charge in [0.1, 0.15) is 5.82 Å². The van der Waals surface area contributed by atoms with Crippen LogP contribution in [0.15, 0.2) is 18.2 Å². The second kappa shape index (κ2) is 4.86. The molecule has 0 aromatic heterocycles. The van der Waals surface area contributed by atoms with Crippen molar-refractivity contribution in [1.29, 1.82) is 0 Å². The molecule has 1 aliphatic heterocycles. The molecule has 18 heavy (non-hydrogen) atoms. The number of rotatable bonds is 2. The van der Waals surface area contributed by atoms with E-state index in [4.69, 9.17) is 0 Å². The Morgan fingerprint density at radius 2 is 2.17 bits per heavy atom. The summed E-state index contributed by atoms with van der Waals surface area (Å²) in [7, 11) is 0. The van der Waals surface area contributed by atoms with Crippen LogP contribution in [-0.4, -0.2) is 28.9 Å². The first-order chi connectivity index (χ1) is 8.41. The van der Waals surface area contributed by atoms with Crippen LogP contribution in [0.25, 0.3) is 0 Å². The summed E-state index contributed by atoms with van der Waals surface area (Å²) < 4.78 is 13.8. The summed E-state index contributed by atoms with van der Waals surface area (Å²) in [6, 6.07) is 4.79. The van der Waals surface area contributed by atoms with Gasteiger partial charge in [-0.1, -0.05) is 6.07 Å². The number of β-amino-alcohol motifs (C(OH)–C–C–N with tert-alkyl or cyclic N) is 1. The number of aliphatic hydroxyl groups excluding tert-OH is 1. The molecule has 1 heterocycles. The molecule has 0 saturated carbocycles. The van der Waals surface area contributed by atoms with Gasteiger partial charge >= 0.3 is 0 Å². The smallest absolute Gasteiger partial charge is 0.131 e. The van der Waals surface area contributed by atoms with Crippen LogP contribution in [0.2, 0.25) is 0 Å². The van der Waals surface area contributed by atoms with Gasteiger partial charge < -0.3 is 15.1 Å². The van der Waals surface area contributed by atoms with E-state index in [-0.39, 0.29) is 0 Å². The lowest BCUT2D eigenvalue weighted by Gasteiger charge is -2.39. The molecular weight excluding hydrogens is 233 g/mol. The van der Waals surface area contributed by atoms with Crippen molar-refractivity contribution in [2.75, 3.05) is 18.0 Å². The Kier molecular flexibility index (Phi) is 3.59. The maximum atomic E-state index is 13.8. The SMILES string of the molecule is C[C@@H](O)c1c(F)cccc1N1CCCC(C)(O)C1. The van der Waals surface area contributed by atoms with Crippen LogP contribution < -0.4 is 4.90 Å². The Morgan fingerprint density at radius 1 is 1.44 bits per heavy atom. The second-order valence-electron chi connectivity index (χ2n) is 5.37. The van der Waals surface area contributed by atoms with E-state index in [0.717, 1.165) is 19.4 Å². The van der Waals surface area contributed by atoms with Crippen molar-refractivity contribution in [1.82, 2.24) is 0 Å². The van der Waals surface area contributed by atoms with Crippen LogP contribution in [0.3, 0.4) is 0 Å². The van der Waals surface area contributed by atoms with Crippen LogP contribution in [-0.2, 0) is 0 Å². The quantitative estimate of drug-likeness (QED) is 0.849. The van der Waals surface area contributed by atoms with E-state index >= 15 is 0 Å². The molecule has 0 aliphatic carbocycles. The Bertz CT molecular complexity index is 432. The monoisotopic (exact) mass is 253 g/mol. The molecule has 2 atom stereocenters. The van der Waals surface area contributed by atoms with E-state index in [1.807, 2.05) is 4.90 Å². The number of benzene rings is 1. The van der Waals surface area contributed by atoms with Crippen LogP contribution in [0.5, 0.6) is 0 Å². The molecule has 0 amide bonds. The minimum atomic E-state index is -0.854. The van der Waals surface area contributed by atoms with Gasteiger partial charge in [0.2, 0.25) is 0 Å². The fourth-order valence-corrected chi connectivity index (χ4v) is 2.64. The molecule has 1 fully saturated rings. The van der Waals surface area contributed by atoms with Gasteiger partial charge in [0.25, 0.3) is 0 Å². The highest BCUT2D eigenvalue weighted by Gasteiger charge is 2.30. The molecule has 100 valence electrons. The Hall–Kier alpha value is -1.13. The van der Waals surface area contributed by atoms with Crippen molar-refractivity contribution in [2.24, 2.45) is 0 Å². The summed E-state index contributed by atoms with van der Waals surface area (Å²) in [5, 5.41) is 19.8. The third kappa shape index (κ3) is 2.65. The second-order valence-corrected chi connectivity index (χ2v) is 5.37. The number of nitrogens with zero attached hydrogens (tertiary/aromatic N) is 1. The third-order valence-corrected chi connectivity index (χ3v) is 3.46. The predicted octanol–water partition coefficient (Wildman–Crippen LogP) is 2.23. The summed E-state index contributed by atoms with van der Waals surface area (Å²) in [6.45, 7) is 4.60. The molecule has 0 bridgehead atoms. The fraction of sp³-hybridized carbons (Fsp3) is 0.571. The highest BCUT2D eigenvalue weighted by Crippen LogP contribution is 2.32. The predicted molar refractivity (Wildman–Crippen MR) is 69.1 cm³/mol. The first-order valence-corrected chi connectivity index (χ1v) is 6.34. The van der Waals surface area contributed by atoms with E-state index < -0.39 is 17.5 Å². The fourth-order valence-electron chi connectivity index (χ4n) is 2.64. The standard InChI is InChI=1S/C14H20FNO2/c1-10(17)13-11(15)5-3-6-12(13)16-8-4-7-14(2,18)9-16/h3,5-6,10,17-18H,4,7-9H2,1-2H3/t10-,14?/m1/s1. The van der Waals surface area contributed by atoms with E-state index in [0.29, 0.717) is 17.8 Å². The highest BCUT2D eigenvalue weighted by atomic mass is 19.1. The Labute approximate surface area is 107 Å². The van der Waals surface area contributed by atoms with Crippen molar-refractivity contribution in [3.05, 3.63) is 29.6 Å². The third-order valence-electron chi connectivity index (χ3n) is 3.46. The van der Waals surface area contributed by atoms with Gasteiger partial charge in [-0.2, -0.15) is 0 Å². The zero-order chi connectivity index (χ0) is 13.3. The molecule has 0 radical (unpaired) electrons. The minimum Gasteiger partial charge on any atom is -0.389 e. The van der Waals surface area contributed by atoms with Crippen LogP contribution in [0.4, 0.5) is 10.1 Å². The lowest BCUT2D eigenvalue weighted by molar-refractivity contribution is 0.0447. The summed E-state index contributed by atoms with van der Waals surface area (Å²) in [4.78, 5) is 1.95. The lowest BCUT2D eigenvalue weighted by Crippen LogP contribution is -2.46. The number of halogens is 1. The number of anilines is 1. The Morgan fingerprint density at radius 3 is 2.78 bits per heavy atom. The molecule has 1 aromatic rings. The van der Waals surface area contributed by atoms with Gasteiger partial charge in [0.15, 0.2) is 0 Å². The normalized spacial score (nSPS) is 26.2. The number of hydrogen-bond acceptors (Lipinski definition) is 3. The van der Waals surface area contributed by atoms with Crippen molar-refractivity contribution < 1.29 is 14.6 Å². The first kappa shape index (κ1) is 13.3. The molecule has 3 nitrogen and oxygen atoms in total. The first-order valence-electron chi connectivity index (χ1n) is 6.34. The highest BCUT2D eigenvalue weighted by molar-refractivity contribution is 5.55. The molecule has 0 spiro atoms. The summed E-state index contributed by atoms with van der Waals surface area (Å²) in [5.41, 5.74) is 0.251. The molecule has 1 aromatic carbocycles. The van der Waals surface area contributed by atoms with Crippen LogP contribution in [0.1, 0.15) is 38.4 Å². The lowest BCUT2D eigenvalue weighted by atomic mass is 9.93. The summed E-state index contributed by atoms with van der Waals surface area (Å²) in [6.07, 6.45) is 0.763. The number of piperidine rings is 1. The maximum absolute atomic E-state index is 13.8. The zero-order valence-electron chi connectivity index (χ0n) is 10.9. The van der Waals surface area contributed by atoms with Crippen molar-refractivity contribution in [3.63, 3.8) is 0 Å². The maximum Gasteiger partial charge on any atom is 0.131 e. The molecule has 1 unspecified atom stereocenters. The van der Waals surface area contributed by atoms with Crippen molar-refractivity contribution in [2.45, 2.75) is 38.4 Å². The summed E-state index contributed by atoms with van der Waals surface area (Å²) in [5.74, 6) is -0.396. The summed E-state index contributed by atoms with van der Waals surface area (Å²) >= 11 is 0. The molecule has 4 heteroatoms. The van der Waals surface area contributed by atoms with E-state index in [9.17, 15) is 14.6 Å². The van der Waals surface area contributed by atoms with Crippen LogP contribution in [0, 0.1) is 5.82 Å². The number of aliphatic hydroxyl groups is 2.